The summed E-state index contributed by atoms with van der Waals surface area (Å²) in [6, 6.07) is 12.9. The Morgan fingerprint density at radius 1 is 1.22 bits per heavy atom. The molecular formula is C22H28N2O3. The Bertz CT molecular complexity index is 736. The number of likely N-dealkylation sites (tertiary alicyclic amines) is 1. The third-order valence-corrected chi connectivity index (χ3v) is 6.10. The average molecular weight is 368 g/mol. The number of rotatable bonds is 4. The number of hydrogen-bond acceptors (Lipinski definition) is 4. The van der Waals surface area contributed by atoms with Gasteiger partial charge in [-0.3, -0.25) is 9.69 Å². The summed E-state index contributed by atoms with van der Waals surface area (Å²) in [5, 5.41) is 0. The molecule has 2 fully saturated rings. The van der Waals surface area contributed by atoms with Crippen LogP contribution in [-0.2, 0) is 11.3 Å². The fraction of sp³-hybridized carbons (Fsp3) is 0.500. The van der Waals surface area contributed by atoms with Crippen LogP contribution in [0.5, 0.6) is 0 Å². The van der Waals surface area contributed by atoms with Gasteiger partial charge in [0.05, 0.1) is 17.4 Å². The lowest BCUT2D eigenvalue weighted by atomic mass is 9.81. The van der Waals surface area contributed by atoms with Crippen LogP contribution in [0.1, 0.15) is 41.6 Å². The van der Waals surface area contributed by atoms with Gasteiger partial charge in [0.25, 0.3) is 5.91 Å². The maximum atomic E-state index is 12.5. The topological polar surface area (TPSA) is 45.9 Å². The van der Waals surface area contributed by atoms with Crippen LogP contribution in [-0.4, -0.2) is 54.1 Å². The second-order valence-corrected chi connectivity index (χ2v) is 7.88. The first-order valence-corrected chi connectivity index (χ1v) is 9.85. The number of benzene rings is 1. The van der Waals surface area contributed by atoms with Gasteiger partial charge in [-0.2, -0.15) is 0 Å². The Labute approximate surface area is 160 Å². The SMILES string of the molecule is CN(Cc1ccccc1)C1CCOC2(CCN(C(=O)c3ccoc3)CC2)C1. The van der Waals surface area contributed by atoms with Crippen LogP contribution in [0, 0.1) is 0 Å². The quantitative estimate of drug-likeness (QED) is 0.828. The summed E-state index contributed by atoms with van der Waals surface area (Å²) in [6.45, 7) is 3.27. The van der Waals surface area contributed by atoms with E-state index in [0.717, 1.165) is 51.9 Å². The van der Waals surface area contributed by atoms with Gasteiger partial charge < -0.3 is 14.1 Å². The number of carbonyl (C=O) groups excluding carboxylic acids is 1. The highest BCUT2D eigenvalue weighted by Crippen LogP contribution is 2.37. The van der Waals surface area contributed by atoms with Crippen LogP contribution < -0.4 is 0 Å². The molecule has 2 aliphatic heterocycles. The van der Waals surface area contributed by atoms with Crippen LogP contribution >= 0.6 is 0 Å². The first kappa shape index (κ1) is 18.3. The standard InChI is InChI=1S/C22H28N2O3/c1-23(16-18-5-3-2-4-6-18)20-8-14-27-22(15-20)9-11-24(12-10-22)21(25)19-7-13-26-17-19/h2-7,13,17,20H,8-12,14-16H2,1H3. The number of furan rings is 1. The summed E-state index contributed by atoms with van der Waals surface area (Å²) in [4.78, 5) is 16.9. The summed E-state index contributed by atoms with van der Waals surface area (Å²) >= 11 is 0. The summed E-state index contributed by atoms with van der Waals surface area (Å²) in [5.41, 5.74) is 1.90. The predicted octanol–water partition coefficient (Wildman–Crippen LogP) is 3.57. The summed E-state index contributed by atoms with van der Waals surface area (Å²) < 4.78 is 11.3. The molecule has 27 heavy (non-hydrogen) atoms. The van der Waals surface area contributed by atoms with Crippen molar-refractivity contribution in [3.8, 4) is 0 Å². The third kappa shape index (κ3) is 4.09. The minimum atomic E-state index is -0.0823. The van der Waals surface area contributed by atoms with Crippen molar-refractivity contribution in [3.63, 3.8) is 0 Å². The zero-order chi connectivity index (χ0) is 18.7. The van der Waals surface area contributed by atoms with Crippen molar-refractivity contribution in [2.75, 3.05) is 26.7 Å². The van der Waals surface area contributed by atoms with E-state index in [2.05, 4.69) is 42.3 Å². The van der Waals surface area contributed by atoms with Crippen molar-refractivity contribution in [1.82, 2.24) is 9.80 Å². The van der Waals surface area contributed by atoms with E-state index in [4.69, 9.17) is 9.15 Å². The van der Waals surface area contributed by atoms with Gasteiger partial charge in [-0.1, -0.05) is 30.3 Å². The number of nitrogens with zero attached hydrogens (tertiary/aromatic N) is 2. The van der Waals surface area contributed by atoms with Gasteiger partial charge in [-0.15, -0.1) is 0 Å². The number of ether oxygens (including phenoxy) is 1. The fourth-order valence-electron chi connectivity index (χ4n) is 4.41. The lowest BCUT2D eigenvalue weighted by molar-refractivity contribution is -0.128. The number of carbonyl (C=O) groups is 1. The van der Waals surface area contributed by atoms with E-state index in [1.165, 1.54) is 11.8 Å². The molecule has 2 aromatic rings. The minimum absolute atomic E-state index is 0.0622. The second kappa shape index (κ2) is 7.87. The van der Waals surface area contributed by atoms with Gasteiger partial charge in [-0.25, -0.2) is 0 Å². The van der Waals surface area contributed by atoms with Crippen molar-refractivity contribution in [3.05, 3.63) is 60.1 Å². The van der Waals surface area contributed by atoms with E-state index in [9.17, 15) is 4.79 Å². The Hall–Kier alpha value is -2.11. The smallest absolute Gasteiger partial charge is 0.257 e. The molecule has 2 saturated heterocycles. The van der Waals surface area contributed by atoms with Crippen LogP contribution in [0.4, 0.5) is 0 Å². The van der Waals surface area contributed by atoms with E-state index in [0.29, 0.717) is 11.6 Å². The minimum Gasteiger partial charge on any atom is -0.472 e. The molecule has 1 aromatic carbocycles. The second-order valence-electron chi connectivity index (χ2n) is 7.88. The van der Waals surface area contributed by atoms with E-state index in [-0.39, 0.29) is 11.5 Å². The van der Waals surface area contributed by atoms with Crippen molar-refractivity contribution in [2.24, 2.45) is 0 Å². The van der Waals surface area contributed by atoms with E-state index in [1.807, 2.05) is 4.90 Å². The Morgan fingerprint density at radius 2 is 2.00 bits per heavy atom. The maximum absolute atomic E-state index is 12.5. The van der Waals surface area contributed by atoms with Crippen molar-refractivity contribution in [1.29, 1.82) is 0 Å². The maximum Gasteiger partial charge on any atom is 0.257 e. The first-order valence-electron chi connectivity index (χ1n) is 9.85. The van der Waals surface area contributed by atoms with E-state index >= 15 is 0 Å². The van der Waals surface area contributed by atoms with Gasteiger partial charge in [0.1, 0.15) is 6.26 Å². The van der Waals surface area contributed by atoms with Gasteiger partial charge in [0.15, 0.2) is 0 Å². The fourth-order valence-corrected chi connectivity index (χ4v) is 4.41. The van der Waals surface area contributed by atoms with Crippen molar-refractivity contribution in [2.45, 2.75) is 43.9 Å². The molecule has 0 saturated carbocycles. The molecule has 4 rings (SSSR count). The molecule has 3 heterocycles. The molecule has 0 N–H and O–H groups in total. The molecule has 5 heteroatoms. The summed E-state index contributed by atoms with van der Waals surface area (Å²) in [6.07, 6.45) is 7.01. The Morgan fingerprint density at radius 3 is 2.70 bits per heavy atom. The largest absolute Gasteiger partial charge is 0.472 e. The number of hydrogen-bond donors (Lipinski definition) is 0. The lowest BCUT2D eigenvalue weighted by Gasteiger charge is -2.48. The van der Waals surface area contributed by atoms with Crippen LogP contribution in [0.25, 0.3) is 0 Å². The molecular weight excluding hydrogens is 340 g/mol. The molecule has 5 nitrogen and oxygen atoms in total. The molecule has 1 unspecified atom stereocenters. The van der Waals surface area contributed by atoms with Crippen LogP contribution in [0.2, 0.25) is 0 Å². The van der Waals surface area contributed by atoms with Crippen LogP contribution in [0.3, 0.4) is 0 Å². The number of amides is 1. The molecule has 1 aromatic heterocycles. The van der Waals surface area contributed by atoms with Crippen molar-refractivity contribution < 1.29 is 13.9 Å². The van der Waals surface area contributed by atoms with E-state index < -0.39 is 0 Å². The third-order valence-electron chi connectivity index (χ3n) is 6.10. The highest BCUT2D eigenvalue weighted by molar-refractivity contribution is 5.93. The molecule has 144 valence electrons. The van der Waals surface area contributed by atoms with Gasteiger partial charge in [0, 0.05) is 32.3 Å². The average Bonchev–Trinajstić information content (AvgIpc) is 3.24. The normalized spacial score (nSPS) is 22.3. The zero-order valence-corrected chi connectivity index (χ0v) is 16.0. The van der Waals surface area contributed by atoms with Crippen molar-refractivity contribution >= 4 is 5.91 Å². The van der Waals surface area contributed by atoms with Crippen LogP contribution in [0.15, 0.2) is 53.3 Å². The van der Waals surface area contributed by atoms with Gasteiger partial charge >= 0.3 is 0 Å². The molecule has 0 bridgehead atoms. The Kier molecular flexibility index (Phi) is 5.32. The molecule has 0 aliphatic carbocycles. The highest BCUT2D eigenvalue weighted by atomic mass is 16.5. The number of piperidine rings is 1. The first-order chi connectivity index (χ1) is 13.2. The molecule has 1 amide bonds. The molecule has 2 aliphatic rings. The molecule has 1 spiro atoms. The zero-order valence-electron chi connectivity index (χ0n) is 16.0. The highest BCUT2D eigenvalue weighted by Gasteiger charge is 2.42. The predicted molar refractivity (Wildman–Crippen MR) is 103 cm³/mol. The monoisotopic (exact) mass is 368 g/mol. The van der Waals surface area contributed by atoms with Gasteiger partial charge in [-0.05, 0) is 44.4 Å². The molecule has 0 radical (unpaired) electrons. The van der Waals surface area contributed by atoms with Gasteiger partial charge in [0.2, 0.25) is 0 Å². The molecule has 1 atom stereocenters. The lowest BCUT2D eigenvalue weighted by Crippen LogP contribution is -2.53. The van der Waals surface area contributed by atoms with E-state index in [1.54, 1.807) is 12.3 Å². The Balaban J connectivity index is 1.35. The summed E-state index contributed by atoms with van der Waals surface area (Å²) in [5.74, 6) is 0.0622. The summed E-state index contributed by atoms with van der Waals surface area (Å²) in [7, 11) is 2.22.